The quantitative estimate of drug-likeness (QED) is 0.756. The Hall–Kier alpha value is -3.02. The van der Waals surface area contributed by atoms with Crippen molar-refractivity contribution in [3.8, 4) is 11.5 Å². The molecular formula is C18H19N3O3. The van der Waals surface area contributed by atoms with Crippen LogP contribution in [0.2, 0.25) is 0 Å². The van der Waals surface area contributed by atoms with Crippen LogP contribution in [-0.4, -0.2) is 30.1 Å². The van der Waals surface area contributed by atoms with Gasteiger partial charge in [-0.1, -0.05) is 6.07 Å². The molecule has 1 heterocycles. The largest absolute Gasteiger partial charge is 0.497 e. The summed E-state index contributed by atoms with van der Waals surface area (Å²) in [5.41, 5.74) is 3.31. The van der Waals surface area contributed by atoms with Gasteiger partial charge in [0.2, 0.25) is 5.91 Å². The molecule has 0 radical (unpaired) electrons. The third-order valence-corrected chi connectivity index (χ3v) is 3.71. The Morgan fingerprint density at radius 3 is 2.75 bits per heavy atom. The average Bonchev–Trinajstić information content (AvgIpc) is 2.94. The van der Waals surface area contributed by atoms with Gasteiger partial charge in [-0.3, -0.25) is 4.79 Å². The zero-order valence-corrected chi connectivity index (χ0v) is 13.8. The Balaban J connectivity index is 1.77. The Labute approximate surface area is 139 Å². The molecule has 0 aliphatic carbocycles. The van der Waals surface area contributed by atoms with Crippen LogP contribution in [0.4, 0.5) is 5.69 Å². The topological polar surface area (TPSA) is 76.2 Å². The Kier molecular flexibility index (Phi) is 4.37. The van der Waals surface area contributed by atoms with Crippen molar-refractivity contribution in [1.82, 2.24) is 9.97 Å². The van der Waals surface area contributed by atoms with E-state index in [2.05, 4.69) is 15.3 Å². The smallest absolute Gasteiger partial charge is 0.228 e. The molecule has 0 atom stereocenters. The van der Waals surface area contributed by atoms with Gasteiger partial charge in [0.15, 0.2) is 0 Å². The van der Waals surface area contributed by atoms with E-state index < -0.39 is 0 Å². The lowest BCUT2D eigenvalue weighted by atomic mass is 10.1. The summed E-state index contributed by atoms with van der Waals surface area (Å²) in [6.07, 6.45) is 0.258. The van der Waals surface area contributed by atoms with E-state index in [-0.39, 0.29) is 12.3 Å². The normalized spacial score (nSPS) is 10.6. The zero-order valence-electron chi connectivity index (χ0n) is 13.8. The first-order valence-corrected chi connectivity index (χ1v) is 7.56. The second-order valence-electron chi connectivity index (χ2n) is 5.46. The highest BCUT2D eigenvalue weighted by atomic mass is 16.5. The summed E-state index contributed by atoms with van der Waals surface area (Å²) in [5, 5.41) is 2.87. The number of nitrogens with zero attached hydrogens (tertiary/aromatic N) is 1. The molecule has 2 N–H and O–H groups in total. The highest BCUT2D eigenvalue weighted by Crippen LogP contribution is 2.29. The number of nitrogens with one attached hydrogen (secondary N) is 2. The number of carbonyl (C=O) groups excluding carboxylic acids is 1. The van der Waals surface area contributed by atoms with Crippen LogP contribution in [0.15, 0.2) is 36.4 Å². The fraction of sp³-hybridized carbons (Fsp3) is 0.222. The summed E-state index contributed by atoms with van der Waals surface area (Å²) in [4.78, 5) is 19.9. The molecule has 6 heteroatoms. The van der Waals surface area contributed by atoms with Crippen LogP contribution >= 0.6 is 0 Å². The van der Waals surface area contributed by atoms with Gasteiger partial charge in [0, 0.05) is 6.07 Å². The molecule has 0 aliphatic heterocycles. The number of hydrogen-bond acceptors (Lipinski definition) is 4. The minimum Gasteiger partial charge on any atom is -0.497 e. The van der Waals surface area contributed by atoms with Gasteiger partial charge < -0.3 is 19.8 Å². The highest BCUT2D eigenvalue weighted by molar-refractivity contribution is 5.94. The Morgan fingerprint density at radius 1 is 1.17 bits per heavy atom. The summed E-state index contributed by atoms with van der Waals surface area (Å²) in [5.74, 6) is 1.97. The molecule has 6 nitrogen and oxygen atoms in total. The number of aryl methyl sites for hydroxylation is 1. The van der Waals surface area contributed by atoms with Gasteiger partial charge in [-0.25, -0.2) is 4.98 Å². The average molecular weight is 325 g/mol. The molecular weight excluding hydrogens is 306 g/mol. The molecule has 124 valence electrons. The monoisotopic (exact) mass is 325 g/mol. The maximum absolute atomic E-state index is 12.4. The van der Waals surface area contributed by atoms with Crippen molar-refractivity contribution in [2.75, 3.05) is 19.5 Å². The molecule has 0 saturated carbocycles. The van der Waals surface area contributed by atoms with E-state index in [9.17, 15) is 4.79 Å². The predicted molar refractivity (Wildman–Crippen MR) is 92.7 cm³/mol. The summed E-state index contributed by atoms with van der Waals surface area (Å²) in [7, 11) is 3.14. The molecule has 0 spiro atoms. The van der Waals surface area contributed by atoms with Crippen LogP contribution in [0.5, 0.6) is 11.5 Å². The number of rotatable bonds is 5. The minimum absolute atomic E-state index is 0.128. The molecule has 3 rings (SSSR count). The Bertz CT molecular complexity index is 886. The number of aromatic amines is 1. The molecule has 1 amide bonds. The number of benzene rings is 2. The molecule has 3 aromatic rings. The standard InChI is InChI=1S/C18H19N3O3/c1-11-19-14-6-4-12(8-15(14)20-11)9-18(22)21-16-10-13(23-2)5-7-17(16)24-3/h4-8,10H,9H2,1-3H3,(H,19,20)(H,21,22). The molecule has 0 saturated heterocycles. The third-order valence-electron chi connectivity index (χ3n) is 3.71. The summed E-state index contributed by atoms with van der Waals surface area (Å²) < 4.78 is 10.5. The van der Waals surface area contributed by atoms with Gasteiger partial charge >= 0.3 is 0 Å². The number of ether oxygens (including phenoxy) is 2. The lowest BCUT2D eigenvalue weighted by Gasteiger charge is -2.11. The third kappa shape index (κ3) is 3.32. The Morgan fingerprint density at radius 2 is 2.00 bits per heavy atom. The molecule has 1 aromatic heterocycles. The van der Waals surface area contributed by atoms with Crippen molar-refractivity contribution in [3.63, 3.8) is 0 Å². The van der Waals surface area contributed by atoms with E-state index in [1.807, 2.05) is 25.1 Å². The fourth-order valence-electron chi connectivity index (χ4n) is 2.59. The predicted octanol–water partition coefficient (Wildman–Crippen LogP) is 3.07. The first-order chi connectivity index (χ1) is 11.6. The van der Waals surface area contributed by atoms with Crippen molar-refractivity contribution in [2.24, 2.45) is 0 Å². The van der Waals surface area contributed by atoms with E-state index in [0.717, 1.165) is 22.4 Å². The van der Waals surface area contributed by atoms with Gasteiger partial charge in [-0.15, -0.1) is 0 Å². The molecule has 0 aliphatic rings. The number of carbonyl (C=O) groups is 1. The number of anilines is 1. The SMILES string of the molecule is COc1ccc(OC)c(NC(=O)Cc2ccc3nc(C)[nH]c3c2)c1. The number of amides is 1. The van der Waals surface area contributed by atoms with Crippen molar-refractivity contribution in [1.29, 1.82) is 0 Å². The van der Waals surface area contributed by atoms with Gasteiger partial charge in [-0.05, 0) is 36.8 Å². The van der Waals surface area contributed by atoms with Crippen molar-refractivity contribution < 1.29 is 14.3 Å². The van der Waals surface area contributed by atoms with Crippen LogP contribution in [0.1, 0.15) is 11.4 Å². The number of hydrogen-bond donors (Lipinski definition) is 2. The van der Waals surface area contributed by atoms with Gasteiger partial charge in [0.1, 0.15) is 17.3 Å². The van der Waals surface area contributed by atoms with Crippen molar-refractivity contribution >= 4 is 22.6 Å². The molecule has 0 bridgehead atoms. The maximum Gasteiger partial charge on any atom is 0.228 e. The highest BCUT2D eigenvalue weighted by Gasteiger charge is 2.11. The van der Waals surface area contributed by atoms with Gasteiger partial charge in [0.05, 0.1) is 37.4 Å². The number of methoxy groups -OCH3 is 2. The number of fused-ring (bicyclic) bond motifs is 1. The van der Waals surface area contributed by atoms with Crippen LogP contribution in [0.25, 0.3) is 11.0 Å². The lowest BCUT2D eigenvalue weighted by Crippen LogP contribution is -2.15. The van der Waals surface area contributed by atoms with Crippen LogP contribution in [-0.2, 0) is 11.2 Å². The van der Waals surface area contributed by atoms with E-state index in [1.54, 1.807) is 32.4 Å². The summed E-state index contributed by atoms with van der Waals surface area (Å²) >= 11 is 0. The number of H-pyrrole nitrogens is 1. The molecule has 2 aromatic carbocycles. The van der Waals surface area contributed by atoms with Crippen LogP contribution in [0.3, 0.4) is 0 Å². The van der Waals surface area contributed by atoms with E-state index in [1.165, 1.54) is 0 Å². The number of imidazole rings is 1. The first-order valence-electron chi connectivity index (χ1n) is 7.56. The lowest BCUT2D eigenvalue weighted by molar-refractivity contribution is -0.115. The molecule has 24 heavy (non-hydrogen) atoms. The van der Waals surface area contributed by atoms with Crippen molar-refractivity contribution in [2.45, 2.75) is 13.3 Å². The summed E-state index contributed by atoms with van der Waals surface area (Å²) in [6, 6.07) is 11.0. The van der Waals surface area contributed by atoms with Crippen LogP contribution in [0, 0.1) is 6.92 Å². The van der Waals surface area contributed by atoms with E-state index in [0.29, 0.717) is 17.2 Å². The van der Waals surface area contributed by atoms with Crippen molar-refractivity contribution in [3.05, 3.63) is 47.8 Å². The van der Waals surface area contributed by atoms with Gasteiger partial charge in [-0.2, -0.15) is 0 Å². The van der Waals surface area contributed by atoms with E-state index >= 15 is 0 Å². The van der Waals surface area contributed by atoms with Crippen LogP contribution < -0.4 is 14.8 Å². The van der Waals surface area contributed by atoms with Gasteiger partial charge in [0.25, 0.3) is 0 Å². The zero-order chi connectivity index (χ0) is 17.1. The molecule has 0 unspecified atom stereocenters. The number of aromatic nitrogens is 2. The van der Waals surface area contributed by atoms with E-state index in [4.69, 9.17) is 9.47 Å². The maximum atomic E-state index is 12.4. The summed E-state index contributed by atoms with van der Waals surface area (Å²) in [6.45, 7) is 1.90. The second kappa shape index (κ2) is 6.62. The fourth-order valence-corrected chi connectivity index (χ4v) is 2.59. The molecule has 0 fully saturated rings. The minimum atomic E-state index is -0.128. The second-order valence-corrected chi connectivity index (χ2v) is 5.46. The first kappa shape index (κ1) is 15.9.